The summed E-state index contributed by atoms with van der Waals surface area (Å²) in [5.41, 5.74) is 0.732. The second kappa shape index (κ2) is 5.54. The maximum atomic E-state index is 5.79. The molecule has 0 aromatic carbocycles. The Kier molecular flexibility index (Phi) is 5.50. The van der Waals surface area contributed by atoms with Crippen molar-refractivity contribution in [1.29, 1.82) is 0 Å². The third kappa shape index (κ3) is 4.07. The number of allylic oxidation sites excluding steroid dienone is 1. The summed E-state index contributed by atoms with van der Waals surface area (Å²) < 4.78 is 5.79. The second-order valence-electron chi connectivity index (χ2n) is 3.80. The highest BCUT2D eigenvalue weighted by Crippen LogP contribution is 2.27. The van der Waals surface area contributed by atoms with E-state index in [4.69, 9.17) is 4.43 Å². The van der Waals surface area contributed by atoms with Gasteiger partial charge in [-0.2, -0.15) is 0 Å². The van der Waals surface area contributed by atoms with Gasteiger partial charge in [-0.15, -0.1) is 6.58 Å². The normalized spacial score (nSPS) is 14.3. The van der Waals surface area contributed by atoms with E-state index < -0.39 is 8.32 Å². The number of hydrogen-bond acceptors (Lipinski definition) is 1. The molecule has 0 aliphatic rings. The van der Waals surface area contributed by atoms with Crippen molar-refractivity contribution in [2.24, 2.45) is 0 Å². The highest BCUT2D eigenvalue weighted by atomic mass is 28.4. The molecule has 0 fully saturated rings. The summed E-state index contributed by atoms with van der Waals surface area (Å²) in [6, 6.07) is 0. The predicted molar refractivity (Wildman–Crippen MR) is 58.0 cm³/mol. The Balaban J connectivity index is 3.86. The topological polar surface area (TPSA) is 9.23 Å². The van der Waals surface area contributed by atoms with E-state index in [0.29, 0.717) is 0 Å². The quantitative estimate of drug-likeness (QED) is 0.455. The maximum absolute atomic E-state index is 5.79. The van der Waals surface area contributed by atoms with Crippen LogP contribution in [0.4, 0.5) is 0 Å². The molecule has 0 amide bonds. The fourth-order valence-electron chi connectivity index (χ4n) is 1.23. The monoisotopic (exact) mass is 186 g/mol. The van der Waals surface area contributed by atoms with Gasteiger partial charge < -0.3 is 4.43 Å². The highest BCUT2D eigenvalue weighted by molar-refractivity contribution is 6.72. The van der Waals surface area contributed by atoms with E-state index in [-0.39, 0.29) is 0 Å². The van der Waals surface area contributed by atoms with Crippen LogP contribution in [0.2, 0.25) is 18.6 Å². The Morgan fingerprint density at radius 3 is 2.50 bits per heavy atom. The van der Waals surface area contributed by atoms with Crippen LogP contribution in [-0.4, -0.2) is 14.9 Å². The summed E-state index contributed by atoms with van der Waals surface area (Å²) in [4.78, 5) is 0. The van der Waals surface area contributed by atoms with Crippen molar-refractivity contribution in [2.75, 3.05) is 6.61 Å². The van der Waals surface area contributed by atoms with E-state index >= 15 is 0 Å². The van der Waals surface area contributed by atoms with Crippen molar-refractivity contribution >= 4 is 8.32 Å². The second-order valence-corrected chi connectivity index (χ2v) is 8.28. The minimum atomic E-state index is -1.39. The molecular formula is C10H22OSi. The summed E-state index contributed by atoms with van der Waals surface area (Å²) in [5.74, 6) is 0. The van der Waals surface area contributed by atoms with Gasteiger partial charge in [0.15, 0.2) is 8.32 Å². The zero-order valence-electron chi connectivity index (χ0n) is 8.89. The summed E-state index contributed by atoms with van der Waals surface area (Å²) in [7, 11) is -1.39. The van der Waals surface area contributed by atoms with E-state index in [1.165, 1.54) is 6.42 Å². The van der Waals surface area contributed by atoms with Gasteiger partial charge in [-0.3, -0.25) is 0 Å². The minimum Gasteiger partial charge on any atom is -0.417 e. The average Bonchev–Trinajstić information content (AvgIpc) is 2.00. The van der Waals surface area contributed by atoms with E-state index in [1.807, 2.05) is 6.08 Å². The van der Waals surface area contributed by atoms with Crippen LogP contribution in [-0.2, 0) is 4.43 Å². The summed E-state index contributed by atoms with van der Waals surface area (Å²) in [6.07, 6.45) is 4.33. The van der Waals surface area contributed by atoms with Gasteiger partial charge in [-0.05, 0) is 38.4 Å². The van der Waals surface area contributed by atoms with Crippen LogP contribution in [0.5, 0.6) is 0 Å². The third-order valence-electron chi connectivity index (χ3n) is 2.51. The summed E-state index contributed by atoms with van der Waals surface area (Å²) in [6.45, 7) is 13.6. The average molecular weight is 186 g/mol. The fourth-order valence-corrected chi connectivity index (χ4v) is 3.12. The minimum absolute atomic E-state index is 0.732. The van der Waals surface area contributed by atoms with Crippen molar-refractivity contribution in [3.05, 3.63) is 12.7 Å². The van der Waals surface area contributed by atoms with Crippen molar-refractivity contribution in [3.63, 3.8) is 0 Å². The Morgan fingerprint density at radius 1 is 1.50 bits per heavy atom. The van der Waals surface area contributed by atoms with Crippen LogP contribution < -0.4 is 0 Å². The summed E-state index contributed by atoms with van der Waals surface area (Å²) in [5, 5.41) is 0. The van der Waals surface area contributed by atoms with Crippen molar-refractivity contribution in [3.8, 4) is 0 Å². The molecule has 1 atom stereocenters. The van der Waals surface area contributed by atoms with Crippen LogP contribution >= 0.6 is 0 Å². The summed E-state index contributed by atoms with van der Waals surface area (Å²) >= 11 is 0. The van der Waals surface area contributed by atoms with Crippen LogP contribution in [0.25, 0.3) is 0 Å². The lowest BCUT2D eigenvalue weighted by Gasteiger charge is -2.28. The van der Waals surface area contributed by atoms with E-state index in [9.17, 15) is 0 Å². The molecular weight excluding hydrogens is 164 g/mol. The molecule has 0 spiro atoms. The van der Waals surface area contributed by atoms with E-state index in [0.717, 1.165) is 18.6 Å². The van der Waals surface area contributed by atoms with Crippen LogP contribution in [0.15, 0.2) is 12.7 Å². The smallest absolute Gasteiger partial charge is 0.189 e. The van der Waals surface area contributed by atoms with Gasteiger partial charge >= 0.3 is 0 Å². The molecule has 2 heteroatoms. The lowest BCUT2D eigenvalue weighted by molar-refractivity contribution is 0.319. The zero-order valence-corrected chi connectivity index (χ0v) is 9.89. The highest BCUT2D eigenvalue weighted by Gasteiger charge is 2.28. The SMILES string of the molecule is C=CCCC(C)[Si](C)(C)OCC. The van der Waals surface area contributed by atoms with Crippen molar-refractivity contribution < 1.29 is 4.43 Å². The van der Waals surface area contributed by atoms with Gasteiger partial charge in [0.05, 0.1) is 0 Å². The maximum Gasteiger partial charge on any atom is 0.189 e. The largest absolute Gasteiger partial charge is 0.417 e. The third-order valence-corrected chi connectivity index (χ3v) is 6.20. The molecule has 0 radical (unpaired) electrons. The Labute approximate surface area is 78.0 Å². The van der Waals surface area contributed by atoms with Gasteiger partial charge in [0, 0.05) is 6.61 Å². The lowest BCUT2D eigenvalue weighted by Crippen LogP contribution is -2.35. The molecule has 0 aliphatic heterocycles. The molecule has 0 N–H and O–H groups in total. The fraction of sp³-hybridized carbons (Fsp3) is 0.800. The Hall–Kier alpha value is -0.0831. The van der Waals surface area contributed by atoms with Crippen molar-refractivity contribution in [1.82, 2.24) is 0 Å². The molecule has 0 aliphatic carbocycles. The van der Waals surface area contributed by atoms with E-state index in [2.05, 4.69) is 33.5 Å². The number of rotatable bonds is 6. The molecule has 0 heterocycles. The van der Waals surface area contributed by atoms with E-state index in [1.54, 1.807) is 0 Å². The standard InChI is InChI=1S/C10H22OSi/c1-6-8-9-10(3)12(4,5)11-7-2/h6,10H,1,7-9H2,2-5H3. The first-order valence-electron chi connectivity index (χ1n) is 4.79. The lowest BCUT2D eigenvalue weighted by atomic mass is 10.2. The number of hydrogen-bond donors (Lipinski definition) is 0. The Morgan fingerprint density at radius 2 is 2.08 bits per heavy atom. The van der Waals surface area contributed by atoms with Crippen LogP contribution in [0, 0.1) is 0 Å². The van der Waals surface area contributed by atoms with Gasteiger partial charge in [-0.25, -0.2) is 0 Å². The van der Waals surface area contributed by atoms with Crippen LogP contribution in [0.3, 0.4) is 0 Å². The van der Waals surface area contributed by atoms with Gasteiger partial charge in [-0.1, -0.05) is 13.0 Å². The van der Waals surface area contributed by atoms with Crippen molar-refractivity contribution in [2.45, 2.75) is 45.3 Å². The van der Waals surface area contributed by atoms with Gasteiger partial charge in [0.2, 0.25) is 0 Å². The first-order chi connectivity index (χ1) is 5.54. The Bertz CT molecular complexity index is 132. The van der Waals surface area contributed by atoms with Crippen LogP contribution in [0.1, 0.15) is 26.7 Å². The zero-order chi connectivity index (χ0) is 9.61. The molecule has 0 bridgehead atoms. The molecule has 12 heavy (non-hydrogen) atoms. The van der Waals surface area contributed by atoms with Gasteiger partial charge in [0.1, 0.15) is 0 Å². The molecule has 0 rings (SSSR count). The first-order valence-corrected chi connectivity index (χ1v) is 7.78. The van der Waals surface area contributed by atoms with Gasteiger partial charge in [0.25, 0.3) is 0 Å². The predicted octanol–water partition coefficient (Wildman–Crippen LogP) is 3.58. The molecule has 1 unspecified atom stereocenters. The molecule has 0 saturated carbocycles. The molecule has 72 valence electrons. The molecule has 0 aromatic rings. The molecule has 0 aromatic heterocycles. The molecule has 1 nitrogen and oxygen atoms in total. The molecule has 0 saturated heterocycles. The first kappa shape index (κ1) is 11.9.